The van der Waals surface area contributed by atoms with Crippen molar-refractivity contribution in [2.75, 3.05) is 6.61 Å². The van der Waals surface area contributed by atoms with Crippen LogP contribution in [0.1, 0.15) is 17.5 Å². The molecule has 0 aliphatic heterocycles. The van der Waals surface area contributed by atoms with Gasteiger partial charge in [-0.2, -0.15) is 0 Å². The zero-order chi connectivity index (χ0) is 16.5. The summed E-state index contributed by atoms with van der Waals surface area (Å²) in [5, 5.41) is 21.3. The van der Waals surface area contributed by atoms with Crippen molar-refractivity contribution < 1.29 is 14.8 Å². The van der Waals surface area contributed by atoms with Crippen molar-refractivity contribution in [1.82, 2.24) is 0 Å². The highest BCUT2D eigenvalue weighted by molar-refractivity contribution is 5.15. The number of ether oxygens (including phenoxy) is 1. The van der Waals surface area contributed by atoms with E-state index in [-0.39, 0.29) is 6.61 Å². The fourth-order valence-corrected chi connectivity index (χ4v) is 2.34. The number of aliphatic hydroxyl groups is 1. The van der Waals surface area contributed by atoms with Gasteiger partial charge in [0, 0.05) is 4.92 Å². The molecule has 0 bridgehead atoms. The van der Waals surface area contributed by atoms with Crippen molar-refractivity contribution >= 4 is 0 Å². The first kappa shape index (κ1) is 17.1. The maximum absolute atomic E-state index is 11.2. The summed E-state index contributed by atoms with van der Waals surface area (Å²) in [7, 11) is 0. The maximum atomic E-state index is 11.2. The van der Waals surface area contributed by atoms with Crippen LogP contribution in [0.5, 0.6) is 0 Å². The Bertz CT molecular complexity index is 588. The largest absolute Gasteiger partial charge is 0.386 e. The van der Waals surface area contributed by atoms with Gasteiger partial charge in [0.15, 0.2) is 0 Å². The van der Waals surface area contributed by atoms with Crippen LogP contribution in [0.15, 0.2) is 60.7 Å². The third kappa shape index (κ3) is 5.81. The summed E-state index contributed by atoms with van der Waals surface area (Å²) in [6.07, 6.45) is -0.0870. The van der Waals surface area contributed by atoms with Crippen molar-refractivity contribution in [3.8, 4) is 0 Å². The van der Waals surface area contributed by atoms with E-state index in [0.29, 0.717) is 19.4 Å². The number of hydrogen-bond donors (Lipinski definition) is 1. The quantitative estimate of drug-likeness (QED) is 0.570. The number of rotatable bonds is 9. The van der Waals surface area contributed by atoms with Gasteiger partial charge in [0.05, 0.1) is 6.61 Å². The fourth-order valence-electron chi connectivity index (χ4n) is 2.34. The van der Waals surface area contributed by atoms with E-state index in [0.717, 1.165) is 11.1 Å². The third-order valence-electron chi connectivity index (χ3n) is 3.69. The summed E-state index contributed by atoms with van der Waals surface area (Å²) in [6.45, 7) is 0.203. The van der Waals surface area contributed by atoms with Crippen LogP contribution in [-0.4, -0.2) is 28.8 Å². The highest BCUT2D eigenvalue weighted by atomic mass is 16.6. The van der Waals surface area contributed by atoms with Crippen molar-refractivity contribution in [3.63, 3.8) is 0 Å². The zero-order valence-corrected chi connectivity index (χ0v) is 12.9. The molecule has 0 heterocycles. The van der Waals surface area contributed by atoms with E-state index >= 15 is 0 Å². The molecule has 0 spiro atoms. The molecule has 2 aromatic carbocycles. The summed E-state index contributed by atoms with van der Waals surface area (Å²) in [4.78, 5) is 10.7. The number of benzene rings is 2. The van der Waals surface area contributed by atoms with Crippen LogP contribution in [0.25, 0.3) is 0 Å². The van der Waals surface area contributed by atoms with Crippen LogP contribution < -0.4 is 0 Å². The lowest BCUT2D eigenvalue weighted by molar-refractivity contribution is -0.538. The number of nitrogens with zero attached hydrogens (tertiary/aromatic N) is 1. The number of nitro groups is 1. The molecule has 5 nitrogen and oxygen atoms in total. The molecule has 2 atom stereocenters. The summed E-state index contributed by atoms with van der Waals surface area (Å²) < 4.78 is 5.41. The Kier molecular flexibility index (Phi) is 6.72. The van der Waals surface area contributed by atoms with E-state index < -0.39 is 17.1 Å². The highest BCUT2D eigenvalue weighted by Crippen LogP contribution is 2.11. The standard InChI is InChI=1S/C18H21NO4/c20-18(12-11-15-7-3-1-4-8-15)17(19(21)22)14-23-13-16-9-5-2-6-10-16/h1-10,17-18,20H,11-14H2/t17-,18+/m1/s1. The predicted molar refractivity (Wildman–Crippen MR) is 87.7 cm³/mol. The van der Waals surface area contributed by atoms with Gasteiger partial charge in [-0.1, -0.05) is 60.7 Å². The van der Waals surface area contributed by atoms with E-state index in [9.17, 15) is 15.2 Å². The predicted octanol–water partition coefficient (Wildman–Crippen LogP) is 2.84. The van der Waals surface area contributed by atoms with Crippen molar-refractivity contribution in [3.05, 3.63) is 81.9 Å². The monoisotopic (exact) mass is 315 g/mol. The fraction of sp³-hybridized carbons (Fsp3) is 0.333. The first-order valence-electron chi connectivity index (χ1n) is 7.64. The first-order valence-corrected chi connectivity index (χ1v) is 7.64. The van der Waals surface area contributed by atoms with Gasteiger partial charge >= 0.3 is 0 Å². The molecule has 5 heteroatoms. The molecule has 1 N–H and O–H groups in total. The molecular weight excluding hydrogens is 294 g/mol. The van der Waals surface area contributed by atoms with Crippen LogP contribution in [0.3, 0.4) is 0 Å². The third-order valence-corrected chi connectivity index (χ3v) is 3.69. The van der Waals surface area contributed by atoms with Crippen molar-refractivity contribution in [2.45, 2.75) is 31.6 Å². The Morgan fingerprint density at radius 3 is 2.13 bits per heavy atom. The molecule has 2 aromatic rings. The minimum Gasteiger partial charge on any atom is -0.386 e. The van der Waals surface area contributed by atoms with Gasteiger partial charge < -0.3 is 9.84 Å². The van der Waals surface area contributed by atoms with Gasteiger partial charge in [-0.05, 0) is 24.0 Å². The molecule has 0 radical (unpaired) electrons. The van der Waals surface area contributed by atoms with Gasteiger partial charge in [0.1, 0.15) is 12.7 Å². The average molecular weight is 315 g/mol. The van der Waals surface area contributed by atoms with E-state index in [1.807, 2.05) is 60.7 Å². The van der Waals surface area contributed by atoms with Gasteiger partial charge in [-0.15, -0.1) is 0 Å². The van der Waals surface area contributed by atoms with Crippen LogP contribution in [-0.2, 0) is 17.8 Å². The second-order valence-electron chi connectivity index (χ2n) is 5.45. The maximum Gasteiger partial charge on any atom is 0.261 e. The highest BCUT2D eigenvalue weighted by Gasteiger charge is 2.29. The molecule has 0 aliphatic rings. The molecule has 0 saturated carbocycles. The minimum atomic E-state index is -1.11. The van der Waals surface area contributed by atoms with Crippen LogP contribution in [0.4, 0.5) is 0 Å². The normalized spacial score (nSPS) is 13.4. The van der Waals surface area contributed by atoms with E-state index in [1.54, 1.807) is 0 Å². The molecule has 0 aliphatic carbocycles. The summed E-state index contributed by atoms with van der Waals surface area (Å²) in [5.41, 5.74) is 2.01. The smallest absolute Gasteiger partial charge is 0.261 e. The molecular formula is C18H21NO4. The number of hydrogen-bond acceptors (Lipinski definition) is 4. The second kappa shape index (κ2) is 9.02. The SMILES string of the molecule is O=[N+]([O-])[C@H](COCc1ccccc1)[C@@H](O)CCc1ccccc1. The summed E-state index contributed by atoms with van der Waals surface area (Å²) >= 11 is 0. The first-order chi connectivity index (χ1) is 11.2. The molecule has 122 valence electrons. The molecule has 23 heavy (non-hydrogen) atoms. The zero-order valence-electron chi connectivity index (χ0n) is 12.9. The number of aliphatic hydroxyl groups excluding tert-OH is 1. The Balaban J connectivity index is 1.81. The van der Waals surface area contributed by atoms with Gasteiger partial charge in [-0.3, -0.25) is 10.1 Å². The Morgan fingerprint density at radius 2 is 1.57 bits per heavy atom. The molecule has 0 saturated heterocycles. The summed E-state index contributed by atoms with van der Waals surface area (Å²) in [5.74, 6) is 0. The lowest BCUT2D eigenvalue weighted by Gasteiger charge is -2.16. The Morgan fingerprint density at radius 1 is 1.00 bits per heavy atom. The molecule has 2 rings (SSSR count). The second-order valence-corrected chi connectivity index (χ2v) is 5.45. The lowest BCUT2D eigenvalue weighted by atomic mass is 10.0. The Labute approximate surface area is 135 Å². The summed E-state index contributed by atoms with van der Waals surface area (Å²) in [6, 6.07) is 18.0. The van der Waals surface area contributed by atoms with Gasteiger partial charge in [-0.25, -0.2) is 0 Å². The van der Waals surface area contributed by atoms with Crippen LogP contribution in [0, 0.1) is 10.1 Å². The van der Waals surface area contributed by atoms with Crippen molar-refractivity contribution in [1.29, 1.82) is 0 Å². The Hall–Kier alpha value is -2.24. The van der Waals surface area contributed by atoms with Crippen molar-refractivity contribution in [2.24, 2.45) is 0 Å². The molecule has 0 unspecified atom stereocenters. The molecule has 0 amide bonds. The van der Waals surface area contributed by atoms with Gasteiger partial charge in [0.2, 0.25) is 0 Å². The van der Waals surface area contributed by atoms with E-state index in [1.165, 1.54) is 0 Å². The molecule has 0 fully saturated rings. The molecule has 0 aromatic heterocycles. The lowest BCUT2D eigenvalue weighted by Crippen LogP contribution is -2.38. The van der Waals surface area contributed by atoms with Crippen LogP contribution >= 0.6 is 0 Å². The average Bonchev–Trinajstić information content (AvgIpc) is 2.58. The number of aryl methyl sites for hydroxylation is 1. The topological polar surface area (TPSA) is 72.6 Å². The van der Waals surface area contributed by atoms with E-state index in [2.05, 4.69) is 0 Å². The van der Waals surface area contributed by atoms with Gasteiger partial charge in [0.25, 0.3) is 6.04 Å². The van der Waals surface area contributed by atoms with E-state index in [4.69, 9.17) is 4.74 Å². The minimum absolute atomic E-state index is 0.0994. The van der Waals surface area contributed by atoms with Crippen LogP contribution in [0.2, 0.25) is 0 Å².